The van der Waals surface area contributed by atoms with Crippen molar-refractivity contribution in [2.24, 2.45) is 5.92 Å². The molecule has 0 aliphatic rings. The van der Waals surface area contributed by atoms with E-state index in [-0.39, 0.29) is 5.92 Å². The van der Waals surface area contributed by atoms with Crippen LogP contribution in [0.5, 0.6) is 0 Å². The largest absolute Gasteiger partial charge is 0.545 e. The maximum atomic E-state index is 12.2. The molecule has 2 atom stereocenters. The Morgan fingerprint density at radius 3 is 2.39 bits per heavy atom. The van der Waals surface area contributed by atoms with Crippen LogP contribution in [0.1, 0.15) is 19.4 Å². The van der Waals surface area contributed by atoms with Crippen molar-refractivity contribution in [3.63, 3.8) is 0 Å². The highest BCUT2D eigenvalue weighted by molar-refractivity contribution is 7.39. The molecule has 0 saturated heterocycles. The van der Waals surface area contributed by atoms with Crippen LogP contribution in [-0.2, 0) is 30.0 Å². The molecule has 0 heterocycles. The number of likely N-dealkylation sites (N-methyl/N-ethyl adjacent to an activating group) is 1. The van der Waals surface area contributed by atoms with E-state index in [1.165, 1.54) is 0 Å². The maximum Gasteiger partial charge on any atom is 0.514 e. The summed E-state index contributed by atoms with van der Waals surface area (Å²) >= 11 is 0. The van der Waals surface area contributed by atoms with E-state index >= 15 is 0 Å². The zero-order chi connectivity index (χ0) is 21.2. The molecule has 28 heavy (non-hydrogen) atoms. The summed E-state index contributed by atoms with van der Waals surface area (Å²) in [5.41, 5.74) is 0.969. The highest BCUT2D eigenvalue weighted by atomic mass is 31.1. The summed E-state index contributed by atoms with van der Waals surface area (Å²) in [4.78, 5) is 22.2. The van der Waals surface area contributed by atoms with Gasteiger partial charge in [0.15, 0.2) is 6.10 Å². The Morgan fingerprint density at radius 1 is 1.18 bits per heavy atom. The quantitative estimate of drug-likeness (QED) is 0.226. The topological polar surface area (TPSA) is 92.7 Å². The molecule has 0 aromatic heterocycles. The van der Waals surface area contributed by atoms with Crippen molar-refractivity contribution in [1.29, 1.82) is 0 Å². The van der Waals surface area contributed by atoms with Crippen LogP contribution in [0.3, 0.4) is 0 Å². The Kier molecular flexibility index (Phi) is 10.0. The SMILES string of the molecule is CC(C)C(C[N+](C)(C)CC[P+](=O)OCc1ccccc1)OC(=O)C=CC(=O)[O-]. The molecule has 2 unspecified atom stereocenters. The summed E-state index contributed by atoms with van der Waals surface area (Å²) in [5.74, 6) is -2.13. The van der Waals surface area contributed by atoms with Gasteiger partial charge in [-0.2, -0.15) is 0 Å². The fourth-order valence-electron chi connectivity index (χ4n) is 2.42. The van der Waals surface area contributed by atoms with E-state index in [0.29, 0.717) is 36.4 Å². The summed E-state index contributed by atoms with van der Waals surface area (Å²) in [7, 11) is 2.12. The van der Waals surface area contributed by atoms with E-state index in [1.807, 2.05) is 58.3 Å². The first-order valence-corrected chi connectivity index (χ1v) is 10.5. The molecule has 0 spiro atoms. The van der Waals surface area contributed by atoms with Gasteiger partial charge in [0.2, 0.25) is 6.16 Å². The van der Waals surface area contributed by atoms with Crippen molar-refractivity contribution in [2.45, 2.75) is 26.6 Å². The minimum atomic E-state index is -1.80. The third-order valence-corrected chi connectivity index (χ3v) is 5.13. The number of carbonyl (C=O) groups is 2. The van der Waals surface area contributed by atoms with Crippen LogP contribution in [0, 0.1) is 5.92 Å². The van der Waals surface area contributed by atoms with Crippen LogP contribution in [0.25, 0.3) is 0 Å². The van der Waals surface area contributed by atoms with Gasteiger partial charge in [0.05, 0.1) is 20.1 Å². The number of hydrogen-bond donors (Lipinski definition) is 0. The first kappa shape index (κ1) is 24.0. The molecule has 0 aliphatic heterocycles. The number of carboxylic acid groups (broad SMARTS) is 1. The first-order chi connectivity index (χ1) is 13.1. The molecule has 0 radical (unpaired) electrons. The Labute approximate surface area is 167 Å². The smallest absolute Gasteiger partial charge is 0.514 e. The Bertz CT molecular complexity index is 687. The second kappa shape index (κ2) is 11.7. The molecule has 1 aromatic carbocycles. The Balaban J connectivity index is 2.50. The number of aliphatic carboxylic acids is 1. The van der Waals surface area contributed by atoms with Gasteiger partial charge in [-0.25, -0.2) is 4.79 Å². The van der Waals surface area contributed by atoms with Gasteiger partial charge in [-0.3, -0.25) is 0 Å². The molecule has 0 saturated carbocycles. The third-order valence-electron chi connectivity index (χ3n) is 4.15. The number of rotatable bonds is 12. The molecular formula is C20H29NO6P+. The van der Waals surface area contributed by atoms with Crippen molar-refractivity contribution < 1.29 is 33.0 Å². The van der Waals surface area contributed by atoms with Crippen molar-refractivity contribution >= 4 is 20.0 Å². The monoisotopic (exact) mass is 410 g/mol. The van der Waals surface area contributed by atoms with Crippen molar-refractivity contribution in [3.8, 4) is 0 Å². The molecule has 0 amide bonds. The van der Waals surface area contributed by atoms with E-state index in [1.54, 1.807) is 0 Å². The van der Waals surface area contributed by atoms with E-state index in [4.69, 9.17) is 9.26 Å². The minimum absolute atomic E-state index is 0.0424. The van der Waals surface area contributed by atoms with Crippen LogP contribution in [0.2, 0.25) is 0 Å². The standard InChI is InChI=1S/C20H29NO6P/c1-16(2)18(27-20(24)11-10-19(22)23)14-21(3,4)12-13-28(25)26-15-17-8-6-5-7-9-17/h5-11,16,18H,12-15H2,1-4H3/q+1. The van der Waals surface area contributed by atoms with Gasteiger partial charge in [-0.1, -0.05) is 44.2 Å². The molecule has 1 aromatic rings. The zero-order valence-corrected chi connectivity index (χ0v) is 17.8. The van der Waals surface area contributed by atoms with Gasteiger partial charge < -0.3 is 19.1 Å². The molecule has 0 bridgehead atoms. The van der Waals surface area contributed by atoms with E-state index in [9.17, 15) is 19.3 Å². The number of nitrogens with zero attached hydrogens (tertiary/aromatic N) is 1. The van der Waals surface area contributed by atoms with E-state index in [2.05, 4.69) is 0 Å². The average Bonchev–Trinajstić information content (AvgIpc) is 2.63. The van der Waals surface area contributed by atoms with Gasteiger partial charge in [-0.15, -0.1) is 4.52 Å². The van der Waals surface area contributed by atoms with Gasteiger partial charge in [-0.05, 0) is 22.1 Å². The molecule has 7 nitrogen and oxygen atoms in total. The summed E-state index contributed by atoms with van der Waals surface area (Å²) in [5, 5.41) is 10.4. The number of ether oxygens (including phenoxy) is 1. The van der Waals surface area contributed by atoms with Gasteiger partial charge in [0.25, 0.3) is 0 Å². The number of hydrogen-bond acceptors (Lipinski definition) is 6. The minimum Gasteiger partial charge on any atom is -0.545 e. The van der Waals surface area contributed by atoms with E-state index in [0.717, 1.165) is 11.6 Å². The summed E-state index contributed by atoms with van der Waals surface area (Å²) < 4.78 is 23.5. The fraction of sp³-hybridized carbons (Fsp3) is 0.500. The van der Waals surface area contributed by atoms with Crippen molar-refractivity contribution in [3.05, 3.63) is 48.0 Å². The van der Waals surface area contributed by atoms with Crippen molar-refractivity contribution in [2.75, 3.05) is 33.3 Å². The third kappa shape index (κ3) is 10.3. The Morgan fingerprint density at radius 2 is 1.82 bits per heavy atom. The summed E-state index contributed by atoms with van der Waals surface area (Å²) in [6.45, 7) is 5.23. The summed E-state index contributed by atoms with van der Waals surface area (Å²) in [6.07, 6.45) is 1.48. The second-order valence-electron chi connectivity index (χ2n) is 7.53. The predicted octanol–water partition coefficient (Wildman–Crippen LogP) is 1.90. The van der Waals surface area contributed by atoms with Crippen LogP contribution in [-0.4, -0.2) is 55.9 Å². The number of esters is 1. The van der Waals surface area contributed by atoms with E-state index < -0.39 is 26.1 Å². The number of benzene rings is 1. The molecule has 0 fully saturated rings. The van der Waals surface area contributed by atoms with Crippen LogP contribution in [0.4, 0.5) is 0 Å². The molecule has 0 aliphatic carbocycles. The van der Waals surface area contributed by atoms with Crippen LogP contribution in [0.15, 0.2) is 42.5 Å². The number of quaternary nitrogens is 1. The van der Waals surface area contributed by atoms with Crippen LogP contribution >= 0.6 is 8.03 Å². The first-order valence-electron chi connectivity index (χ1n) is 9.12. The number of carbonyl (C=O) groups excluding carboxylic acids is 2. The molecule has 1 rings (SSSR count). The Hall–Kier alpha value is -2.08. The van der Waals surface area contributed by atoms with Gasteiger partial charge in [0.1, 0.15) is 19.7 Å². The zero-order valence-electron chi connectivity index (χ0n) is 16.9. The molecule has 154 valence electrons. The number of carboxylic acids is 1. The maximum absolute atomic E-state index is 12.2. The summed E-state index contributed by atoms with van der Waals surface area (Å²) in [6, 6.07) is 9.55. The second-order valence-corrected chi connectivity index (χ2v) is 8.90. The lowest BCUT2D eigenvalue weighted by atomic mass is 10.1. The normalized spacial score (nSPS) is 13.5. The van der Waals surface area contributed by atoms with Gasteiger partial charge >= 0.3 is 14.0 Å². The van der Waals surface area contributed by atoms with Crippen molar-refractivity contribution in [1.82, 2.24) is 0 Å². The lowest BCUT2D eigenvalue weighted by molar-refractivity contribution is -0.891. The highest BCUT2D eigenvalue weighted by Crippen LogP contribution is 2.25. The fourth-order valence-corrected chi connectivity index (χ4v) is 3.55. The average molecular weight is 410 g/mol. The molecular weight excluding hydrogens is 381 g/mol. The lowest BCUT2D eigenvalue weighted by Gasteiger charge is -2.33. The predicted molar refractivity (Wildman–Crippen MR) is 104 cm³/mol. The lowest BCUT2D eigenvalue weighted by Crippen LogP contribution is -2.49. The van der Waals surface area contributed by atoms with Gasteiger partial charge in [0, 0.05) is 6.08 Å². The van der Waals surface area contributed by atoms with Crippen LogP contribution < -0.4 is 5.11 Å². The molecule has 0 N–H and O–H groups in total. The molecule has 8 heteroatoms. The highest BCUT2D eigenvalue weighted by Gasteiger charge is 2.31.